The van der Waals surface area contributed by atoms with Gasteiger partial charge in [0.05, 0.1) is 19.1 Å². The lowest BCUT2D eigenvalue weighted by atomic mass is 10.1. The highest BCUT2D eigenvalue weighted by atomic mass is 16.5. The van der Waals surface area contributed by atoms with Crippen molar-refractivity contribution in [3.63, 3.8) is 0 Å². The number of nitrogens with zero attached hydrogens (tertiary/aromatic N) is 1. The molecule has 0 aliphatic rings. The molecule has 0 radical (unpaired) electrons. The molecule has 1 aromatic rings. The SMILES string of the molecule is CCOC(=O)CCN(C)c1ccc(C(O)CN)cc1. The molecule has 0 aliphatic carbocycles. The second-order valence-electron chi connectivity index (χ2n) is 4.32. The van der Waals surface area contributed by atoms with Crippen molar-refractivity contribution in [3.05, 3.63) is 29.8 Å². The highest BCUT2D eigenvalue weighted by Crippen LogP contribution is 2.18. The van der Waals surface area contributed by atoms with Gasteiger partial charge in [0.2, 0.25) is 0 Å². The summed E-state index contributed by atoms with van der Waals surface area (Å²) in [6.45, 7) is 3.01. The van der Waals surface area contributed by atoms with Gasteiger partial charge in [-0.2, -0.15) is 0 Å². The molecule has 0 saturated heterocycles. The number of ether oxygens (including phenoxy) is 1. The highest BCUT2D eigenvalue weighted by Gasteiger charge is 2.08. The molecule has 0 bridgehead atoms. The molecule has 1 aromatic carbocycles. The molecule has 0 saturated carbocycles. The summed E-state index contributed by atoms with van der Waals surface area (Å²) in [5.41, 5.74) is 7.18. The first kappa shape index (κ1) is 15.5. The van der Waals surface area contributed by atoms with Crippen LogP contribution in [0.25, 0.3) is 0 Å². The third kappa shape index (κ3) is 4.89. The lowest BCUT2D eigenvalue weighted by Gasteiger charge is -2.19. The highest BCUT2D eigenvalue weighted by molar-refractivity contribution is 5.70. The molecule has 0 heterocycles. The van der Waals surface area contributed by atoms with Crippen LogP contribution < -0.4 is 10.6 Å². The second-order valence-corrected chi connectivity index (χ2v) is 4.32. The van der Waals surface area contributed by atoms with Crippen LogP contribution in [0.2, 0.25) is 0 Å². The van der Waals surface area contributed by atoms with E-state index in [-0.39, 0.29) is 12.5 Å². The molecule has 5 nitrogen and oxygen atoms in total. The predicted molar refractivity (Wildman–Crippen MR) is 75.0 cm³/mol. The number of hydrogen-bond acceptors (Lipinski definition) is 5. The van der Waals surface area contributed by atoms with Crippen LogP contribution in [-0.4, -0.2) is 37.8 Å². The van der Waals surface area contributed by atoms with Gasteiger partial charge in [-0.3, -0.25) is 4.79 Å². The van der Waals surface area contributed by atoms with Gasteiger partial charge in [-0.15, -0.1) is 0 Å². The summed E-state index contributed by atoms with van der Waals surface area (Å²) >= 11 is 0. The number of nitrogens with two attached hydrogens (primary N) is 1. The molecule has 1 atom stereocenters. The van der Waals surface area contributed by atoms with Crippen LogP contribution in [0.4, 0.5) is 5.69 Å². The van der Waals surface area contributed by atoms with Crippen LogP contribution in [-0.2, 0) is 9.53 Å². The maximum Gasteiger partial charge on any atom is 0.307 e. The quantitative estimate of drug-likeness (QED) is 0.722. The Morgan fingerprint density at radius 1 is 1.42 bits per heavy atom. The molecular formula is C14H22N2O3. The Balaban J connectivity index is 2.53. The average molecular weight is 266 g/mol. The lowest BCUT2D eigenvalue weighted by molar-refractivity contribution is -0.142. The van der Waals surface area contributed by atoms with E-state index < -0.39 is 6.10 Å². The Kier molecular flexibility index (Phi) is 6.32. The number of carbonyl (C=O) groups excluding carboxylic acids is 1. The summed E-state index contributed by atoms with van der Waals surface area (Å²) < 4.78 is 4.88. The van der Waals surface area contributed by atoms with Crippen molar-refractivity contribution < 1.29 is 14.6 Å². The zero-order chi connectivity index (χ0) is 14.3. The van der Waals surface area contributed by atoms with E-state index in [0.717, 1.165) is 11.3 Å². The third-order valence-corrected chi connectivity index (χ3v) is 2.90. The molecule has 1 unspecified atom stereocenters. The minimum Gasteiger partial charge on any atom is -0.466 e. The number of rotatable bonds is 7. The molecule has 0 fully saturated rings. The third-order valence-electron chi connectivity index (χ3n) is 2.90. The fourth-order valence-electron chi connectivity index (χ4n) is 1.71. The van der Waals surface area contributed by atoms with Gasteiger partial charge in [0, 0.05) is 25.8 Å². The number of carbonyl (C=O) groups is 1. The predicted octanol–water partition coefficient (Wildman–Crippen LogP) is 1.07. The van der Waals surface area contributed by atoms with Crippen LogP contribution in [0.15, 0.2) is 24.3 Å². The van der Waals surface area contributed by atoms with Gasteiger partial charge in [-0.05, 0) is 24.6 Å². The zero-order valence-electron chi connectivity index (χ0n) is 11.5. The summed E-state index contributed by atoms with van der Waals surface area (Å²) in [6.07, 6.45) is -0.267. The maximum absolute atomic E-state index is 11.3. The number of anilines is 1. The number of aliphatic hydroxyl groups excluding tert-OH is 1. The molecule has 0 amide bonds. The molecule has 106 valence electrons. The van der Waals surface area contributed by atoms with Gasteiger partial charge in [-0.25, -0.2) is 0 Å². The molecule has 0 aliphatic heterocycles. The average Bonchev–Trinajstić information content (AvgIpc) is 2.44. The van der Waals surface area contributed by atoms with Crippen LogP contribution in [0, 0.1) is 0 Å². The Labute approximate surface area is 114 Å². The number of hydrogen-bond donors (Lipinski definition) is 2. The first-order chi connectivity index (χ1) is 9.08. The summed E-state index contributed by atoms with van der Waals surface area (Å²) in [6, 6.07) is 7.49. The summed E-state index contributed by atoms with van der Waals surface area (Å²) in [4.78, 5) is 13.2. The van der Waals surface area contributed by atoms with E-state index in [4.69, 9.17) is 10.5 Å². The maximum atomic E-state index is 11.3. The molecule has 1 rings (SSSR count). The van der Waals surface area contributed by atoms with Crippen molar-refractivity contribution in [1.29, 1.82) is 0 Å². The molecule has 19 heavy (non-hydrogen) atoms. The van der Waals surface area contributed by atoms with Gasteiger partial charge in [0.15, 0.2) is 0 Å². The normalized spacial score (nSPS) is 12.0. The second kappa shape index (κ2) is 7.76. The molecule has 5 heteroatoms. The standard InChI is InChI=1S/C14H22N2O3/c1-3-19-14(18)8-9-16(2)12-6-4-11(5-7-12)13(17)10-15/h4-7,13,17H,3,8-10,15H2,1-2H3. The Hall–Kier alpha value is -1.59. The zero-order valence-corrected chi connectivity index (χ0v) is 11.5. The minimum absolute atomic E-state index is 0.190. The number of benzene rings is 1. The van der Waals surface area contributed by atoms with Crippen LogP contribution in [0.3, 0.4) is 0 Å². The van der Waals surface area contributed by atoms with Crippen LogP contribution in [0.1, 0.15) is 25.0 Å². The van der Waals surface area contributed by atoms with Crippen molar-refractivity contribution in [2.75, 3.05) is 31.6 Å². The van der Waals surface area contributed by atoms with E-state index in [2.05, 4.69) is 0 Å². The first-order valence-corrected chi connectivity index (χ1v) is 6.43. The number of esters is 1. The van der Waals surface area contributed by atoms with Crippen LogP contribution in [0.5, 0.6) is 0 Å². The van der Waals surface area contributed by atoms with Gasteiger partial charge < -0.3 is 20.5 Å². The smallest absolute Gasteiger partial charge is 0.307 e. The van der Waals surface area contributed by atoms with Crippen molar-refractivity contribution in [2.45, 2.75) is 19.4 Å². The van der Waals surface area contributed by atoms with Gasteiger partial charge >= 0.3 is 5.97 Å². The van der Waals surface area contributed by atoms with Crippen molar-refractivity contribution in [1.82, 2.24) is 0 Å². The number of aliphatic hydroxyl groups is 1. The first-order valence-electron chi connectivity index (χ1n) is 6.43. The van der Waals surface area contributed by atoms with Gasteiger partial charge in [0.1, 0.15) is 0 Å². The fourth-order valence-corrected chi connectivity index (χ4v) is 1.71. The summed E-state index contributed by atoms with van der Waals surface area (Å²) in [5.74, 6) is -0.190. The van der Waals surface area contributed by atoms with E-state index in [1.807, 2.05) is 36.2 Å². The Morgan fingerprint density at radius 2 is 2.05 bits per heavy atom. The lowest BCUT2D eigenvalue weighted by Crippen LogP contribution is -2.22. The van der Waals surface area contributed by atoms with E-state index >= 15 is 0 Å². The van der Waals surface area contributed by atoms with E-state index in [9.17, 15) is 9.90 Å². The van der Waals surface area contributed by atoms with Crippen molar-refractivity contribution >= 4 is 11.7 Å². The largest absolute Gasteiger partial charge is 0.466 e. The monoisotopic (exact) mass is 266 g/mol. The topological polar surface area (TPSA) is 75.8 Å². The summed E-state index contributed by atoms with van der Waals surface area (Å²) in [5, 5.41) is 9.59. The van der Waals surface area contributed by atoms with Gasteiger partial charge in [-0.1, -0.05) is 12.1 Å². The molecule has 0 aromatic heterocycles. The van der Waals surface area contributed by atoms with E-state index in [1.54, 1.807) is 6.92 Å². The fraction of sp³-hybridized carbons (Fsp3) is 0.500. The molecule has 3 N–H and O–H groups in total. The Morgan fingerprint density at radius 3 is 2.58 bits per heavy atom. The van der Waals surface area contributed by atoms with Gasteiger partial charge in [0.25, 0.3) is 0 Å². The van der Waals surface area contributed by atoms with Crippen molar-refractivity contribution in [2.24, 2.45) is 5.73 Å². The molecular weight excluding hydrogens is 244 g/mol. The van der Waals surface area contributed by atoms with Crippen molar-refractivity contribution in [3.8, 4) is 0 Å². The molecule has 0 spiro atoms. The minimum atomic E-state index is -0.626. The van der Waals surface area contributed by atoms with E-state index in [0.29, 0.717) is 19.6 Å². The Bertz CT molecular complexity index is 392. The summed E-state index contributed by atoms with van der Waals surface area (Å²) in [7, 11) is 1.91. The van der Waals surface area contributed by atoms with E-state index in [1.165, 1.54) is 0 Å². The van der Waals surface area contributed by atoms with Crippen LogP contribution >= 0.6 is 0 Å².